The largest absolute Gasteiger partial charge is 0.490 e. The van der Waals surface area contributed by atoms with Crippen LogP contribution in [0.5, 0.6) is 5.75 Å². The summed E-state index contributed by atoms with van der Waals surface area (Å²) < 4.78 is 114. The number of halogens is 3. The Hall–Kier alpha value is -5.88. The van der Waals surface area contributed by atoms with Crippen molar-refractivity contribution in [2.24, 2.45) is 62.3 Å². The first-order valence-corrected chi connectivity index (χ1v) is 30.1. The highest BCUT2D eigenvalue weighted by Crippen LogP contribution is 2.60. The van der Waals surface area contributed by atoms with Crippen LogP contribution in [0, 0.1) is 67.3 Å². The van der Waals surface area contributed by atoms with E-state index in [1.807, 2.05) is 0 Å². The first-order valence-electron chi connectivity index (χ1n) is 28.7. The van der Waals surface area contributed by atoms with Crippen molar-refractivity contribution in [2.45, 2.75) is 179 Å². The number of oxime groups is 1. The predicted molar refractivity (Wildman–Crippen MR) is 286 cm³/mol. The summed E-state index contributed by atoms with van der Waals surface area (Å²) >= 11 is 0. The number of ether oxygens (including phenoxy) is 7. The number of esters is 5. The van der Waals surface area contributed by atoms with Crippen LogP contribution in [-0.2, 0) is 66.8 Å². The van der Waals surface area contributed by atoms with Crippen molar-refractivity contribution in [3.63, 3.8) is 0 Å². The zero-order valence-electron chi connectivity index (χ0n) is 47.7. The molecular formula is C59H75F3N2O18S. The lowest BCUT2D eigenvalue weighted by Crippen LogP contribution is -2.61. The predicted octanol–water partition coefficient (Wildman–Crippen LogP) is 9.64. The van der Waals surface area contributed by atoms with Crippen LogP contribution in [0.25, 0.3) is 0 Å². The summed E-state index contributed by atoms with van der Waals surface area (Å²) in [7, 11) is -5.18. The monoisotopic (exact) mass is 1190 g/mol. The number of rotatable bonds is 25. The van der Waals surface area contributed by atoms with Gasteiger partial charge in [0.15, 0.2) is 17.4 Å². The summed E-state index contributed by atoms with van der Waals surface area (Å²) in [5, 5.41) is 25.9. The average Bonchev–Trinajstić information content (AvgIpc) is 3.81. The molecule has 1 saturated heterocycles. The fourth-order valence-electron chi connectivity index (χ4n) is 15.9. The molecule has 1 heterocycles. The maximum absolute atomic E-state index is 15.4. The van der Waals surface area contributed by atoms with Crippen LogP contribution in [-0.4, -0.2) is 110 Å². The number of carbonyl (C=O) groups is 5. The Morgan fingerprint density at radius 3 is 1.95 bits per heavy atom. The van der Waals surface area contributed by atoms with Gasteiger partial charge in [0.05, 0.1) is 44.9 Å². The van der Waals surface area contributed by atoms with Crippen LogP contribution in [0.1, 0.15) is 150 Å². The van der Waals surface area contributed by atoms with Gasteiger partial charge in [-0.3, -0.25) is 33.6 Å². The molecule has 0 spiro atoms. The number of carbonyl (C=O) groups excluding carboxylic acids is 5. The minimum Gasteiger partial charge on any atom is -0.490 e. The smallest absolute Gasteiger partial charge is 0.437 e. The van der Waals surface area contributed by atoms with E-state index in [2.05, 4.69) is 9.44 Å². The van der Waals surface area contributed by atoms with E-state index in [1.54, 1.807) is 41.5 Å². The second kappa shape index (κ2) is 23.2. The molecule has 83 heavy (non-hydrogen) atoms. The van der Waals surface area contributed by atoms with Gasteiger partial charge in [0.25, 0.3) is 5.69 Å². The van der Waals surface area contributed by atoms with Crippen molar-refractivity contribution in [3.05, 3.63) is 64.2 Å². The topological polar surface area (TPSA) is 269 Å². The van der Waals surface area contributed by atoms with Crippen LogP contribution in [0.2, 0.25) is 0 Å². The Labute approximate surface area is 480 Å². The van der Waals surface area contributed by atoms with Crippen LogP contribution in [0.4, 0.5) is 18.9 Å². The molecule has 0 aromatic heterocycles. The SMILES string of the molecule is CCC(C)(CC(C)(CC(C)(CC(C)(C)C(=O)OCOC1C2CC3CC(C2)CC1C3)C(=O)OC1CCOC1=O)C(=O)OC12CC3CC(CC(O)(C3)C1)C2)C(=O)OCCOc1ccc(C(=NOS(=O)(=O)c2ccccc2[N+](=O)[O-])C(F)(F)F)cc1. The minimum atomic E-state index is -5.26. The average molecular weight is 1190 g/mol. The minimum absolute atomic E-state index is 0.00164. The Morgan fingerprint density at radius 1 is 0.771 bits per heavy atom. The molecule has 456 valence electrons. The molecule has 20 nitrogen and oxygen atoms in total. The number of benzene rings is 2. The zero-order chi connectivity index (χ0) is 60.1. The van der Waals surface area contributed by atoms with Crippen LogP contribution >= 0.6 is 0 Å². The summed E-state index contributed by atoms with van der Waals surface area (Å²) in [6, 6.07) is 7.94. The van der Waals surface area contributed by atoms with E-state index in [0.717, 1.165) is 80.6 Å². The molecule has 9 fully saturated rings. The third-order valence-electron chi connectivity index (χ3n) is 18.8. The van der Waals surface area contributed by atoms with Crippen LogP contribution < -0.4 is 4.74 Å². The highest BCUT2D eigenvalue weighted by atomic mass is 32.2. The van der Waals surface area contributed by atoms with E-state index >= 15 is 4.79 Å². The lowest BCUT2D eigenvalue weighted by atomic mass is 9.52. The maximum atomic E-state index is 15.4. The molecule has 0 amide bonds. The van der Waals surface area contributed by atoms with Crippen molar-refractivity contribution >= 4 is 51.4 Å². The highest BCUT2D eigenvalue weighted by molar-refractivity contribution is 7.86. The Bertz CT molecular complexity index is 2930. The quantitative estimate of drug-likeness (QED) is 0.0184. The fourth-order valence-corrected chi connectivity index (χ4v) is 16.7. The fraction of sp³-hybridized carbons (Fsp3) is 0.695. The van der Waals surface area contributed by atoms with Gasteiger partial charge in [-0.1, -0.05) is 24.2 Å². The van der Waals surface area contributed by atoms with Gasteiger partial charge < -0.3 is 38.3 Å². The molecule has 2 aromatic carbocycles. The zero-order valence-corrected chi connectivity index (χ0v) is 48.5. The summed E-state index contributed by atoms with van der Waals surface area (Å²) in [6.45, 7) is 8.72. The van der Waals surface area contributed by atoms with Crippen molar-refractivity contribution in [1.29, 1.82) is 0 Å². The third-order valence-corrected chi connectivity index (χ3v) is 19.9. The van der Waals surface area contributed by atoms with Gasteiger partial charge in [-0.25, -0.2) is 4.79 Å². The molecule has 6 atom stereocenters. The van der Waals surface area contributed by atoms with E-state index < -0.39 is 112 Å². The summed E-state index contributed by atoms with van der Waals surface area (Å²) in [5.41, 5.74) is -11.8. The van der Waals surface area contributed by atoms with E-state index in [0.29, 0.717) is 49.4 Å². The van der Waals surface area contributed by atoms with E-state index in [4.69, 9.17) is 33.2 Å². The molecule has 8 bridgehead atoms. The van der Waals surface area contributed by atoms with Crippen molar-refractivity contribution in [2.75, 3.05) is 26.6 Å². The first kappa shape index (κ1) is 61.7. The Morgan fingerprint density at radius 2 is 1.37 bits per heavy atom. The molecule has 11 rings (SSSR count). The number of nitro groups is 1. The second-order valence-electron chi connectivity index (χ2n) is 26.4. The molecular weight excluding hydrogens is 1110 g/mol. The molecule has 8 saturated carbocycles. The molecule has 9 aliphatic rings. The van der Waals surface area contributed by atoms with Gasteiger partial charge in [0.2, 0.25) is 6.10 Å². The van der Waals surface area contributed by atoms with Gasteiger partial charge in [0, 0.05) is 24.5 Å². The lowest BCUT2D eigenvalue weighted by molar-refractivity contribution is -0.387. The van der Waals surface area contributed by atoms with E-state index in [-0.39, 0.29) is 88.8 Å². The molecule has 6 unspecified atom stereocenters. The standard InChI is InChI=1S/C59H75F3N2O18S/c1-7-54(4,50(67)77-19-18-75-42-14-12-39(13-15-42)47(59(60,61)62)63-82-83(73,74)45-11-9-8-10-43(45)64(71)72)31-56(6,52(69)81-58-28-37-21-38(29-58)27-57(70,26-37)33-58)32-55(5,51(68)80-44-16-17-76-48(44)65)30-53(2,3)49(66)79-34-78-46-40-22-35-20-36(24-40)25-41(46)23-35/h8-15,35-38,40-41,44,46,70H,7,16-34H2,1-6H3. The second-order valence-corrected chi connectivity index (χ2v) is 27.9. The van der Waals surface area contributed by atoms with E-state index in [1.165, 1.54) is 6.42 Å². The van der Waals surface area contributed by atoms with Gasteiger partial charge >= 0.3 is 46.1 Å². The number of alkyl halides is 3. The Kier molecular flexibility index (Phi) is 17.2. The summed E-state index contributed by atoms with van der Waals surface area (Å²) in [5.74, 6) is -1.32. The number of nitrogens with zero attached hydrogens (tertiary/aromatic N) is 2. The molecule has 0 radical (unpaired) electrons. The van der Waals surface area contributed by atoms with Crippen molar-refractivity contribution in [1.82, 2.24) is 0 Å². The van der Waals surface area contributed by atoms with Crippen molar-refractivity contribution in [3.8, 4) is 5.75 Å². The molecule has 1 N–H and O–H groups in total. The van der Waals surface area contributed by atoms with Gasteiger partial charge in [-0.05, 0) is 190 Å². The van der Waals surface area contributed by atoms with Crippen LogP contribution in [0.15, 0.2) is 58.6 Å². The number of nitro benzene ring substituents is 1. The van der Waals surface area contributed by atoms with Crippen LogP contribution in [0.3, 0.4) is 0 Å². The van der Waals surface area contributed by atoms with Crippen molar-refractivity contribution < 1.29 is 93.0 Å². The normalized spacial score (nSPS) is 30.3. The third kappa shape index (κ3) is 13.5. The lowest BCUT2D eigenvalue weighted by Gasteiger charge is -2.59. The molecule has 8 aliphatic carbocycles. The highest BCUT2D eigenvalue weighted by Gasteiger charge is 2.62. The maximum Gasteiger partial charge on any atom is 0.437 e. The molecule has 24 heteroatoms. The molecule has 2 aromatic rings. The van der Waals surface area contributed by atoms with Gasteiger partial charge in [0.1, 0.15) is 24.6 Å². The number of para-hydroxylation sites is 1. The number of hydrogen-bond acceptors (Lipinski definition) is 19. The summed E-state index contributed by atoms with van der Waals surface area (Å²) in [4.78, 5) is 81.1. The van der Waals surface area contributed by atoms with Gasteiger partial charge in [-0.2, -0.15) is 21.6 Å². The van der Waals surface area contributed by atoms with E-state index in [9.17, 15) is 56.0 Å². The number of aliphatic hydroxyl groups is 1. The van der Waals surface area contributed by atoms with Gasteiger partial charge in [-0.15, -0.1) is 0 Å². The molecule has 1 aliphatic heterocycles. The number of cyclic esters (lactones) is 1. The summed E-state index contributed by atoms with van der Waals surface area (Å²) in [6.07, 6.45) is 1.79. The number of hydrogen-bond donors (Lipinski definition) is 1. The Balaban J connectivity index is 0.909. The first-order chi connectivity index (χ1) is 38.8.